The lowest BCUT2D eigenvalue weighted by molar-refractivity contribution is -0.134. The van der Waals surface area contributed by atoms with Crippen molar-refractivity contribution >= 4 is 35.1 Å². The van der Waals surface area contributed by atoms with Gasteiger partial charge in [-0.1, -0.05) is 30.3 Å². The first-order valence-corrected chi connectivity index (χ1v) is 14.2. The first-order chi connectivity index (χ1) is 17.7. The fourth-order valence-electron chi connectivity index (χ4n) is 4.30. The van der Waals surface area contributed by atoms with Crippen LogP contribution in [0.5, 0.6) is 0 Å². The average molecular weight is 534 g/mol. The Balaban J connectivity index is 1.61. The maximum Gasteiger partial charge on any atom is 0.234 e. The summed E-state index contributed by atoms with van der Waals surface area (Å²) < 4.78 is 10.7. The molecule has 1 aromatic rings. The number of ketones is 2. The minimum absolute atomic E-state index is 0.00852. The zero-order chi connectivity index (χ0) is 26.8. The van der Waals surface area contributed by atoms with Crippen LogP contribution in [0.2, 0.25) is 0 Å². The quantitative estimate of drug-likeness (QED) is 0.324. The molecule has 2 heterocycles. The Kier molecular flexibility index (Phi) is 11.1. The largest absolute Gasteiger partial charge is 0.379 e. The monoisotopic (exact) mass is 533 g/mol. The number of nitrogens with one attached hydrogen (secondary N) is 2. The number of epoxide rings is 1. The van der Waals surface area contributed by atoms with Gasteiger partial charge in [0.2, 0.25) is 11.8 Å². The second kappa shape index (κ2) is 14.0. The molecule has 10 heteroatoms. The standard InChI is InChI=1S/C27H39N3O6S/c1-19(28-24(32)17-30-10-12-35-13-11-30)23(31)16-21(9-14-37-3)26(34)29-22(25(33)27(2)18-36-27)15-20-7-5-4-6-8-20/h4-8,19,21-22H,9-18H2,1-3H3,(H,28,32)(H,29,34). The van der Waals surface area contributed by atoms with Gasteiger partial charge in [-0.2, -0.15) is 11.8 Å². The van der Waals surface area contributed by atoms with Gasteiger partial charge in [-0.25, -0.2) is 0 Å². The van der Waals surface area contributed by atoms with Gasteiger partial charge in [0.1, 0.15) is 5.60 Å². The van der Waals surface area contributed by atoms with Crippen molar-refractivity contribution < 1.29 is 28.7 Å². The third-order valence-electron chi connectivity index (χ3n) is 6.83. The molecule has 2 amide bonds. The molecule has 4 atom stereocenters. The van der Waals surface area contributed by atoms with Gasteiger partial charge in [0.25, 0.3) is 0 Å². The van der Waals surface area contributed by atoms with Crippen LogP contribution >= 0.6 is 11.8 Å². The van der Waals surface area contributed by atoms with Crippen molar-refractivity contribution in [2.45, 2.75) is 50.8 Å². The van der Waals surface area contributed by atoms with Gasteiger partial charge in [-0.05, 0) is 44.3 Å². The molecule has 2 N–H and O–H groups in total. The minimum atomic E-state index is -0.878. The Morgan fingerprint density at radius 3 is 2.41 bits per heavy atom. The normalized spacial score (nSPS) is 21.9. The van der Waals surface area contributed by atoms with Crippen LogP contribution in [-0.4, -0.2) is 97.4 Å². The summed E-state index contributed by atoms with van der Waals surface area (Å²) in [6.45, 7) is 6.47. The Morgan fingerprint density at radius 1 is 1.11 bits per heavy atom. The van der Waals surface area contributed by atoms with Crippen molar-refractivity contribution in [2.24, 2.45) is 5.92 Å². The third kappa shape index (κ3) is 9.21. The topological polar surface area (TPSA) is 117 Å². The number of Topliss-reactive ketones (excluding diaryl/α,β-unsaturated/α-hetero) is 2. The number of amides is 2. The Labute approximate surface area is 223 Å². The highest BCUT2D eigenvalue weighted by Crippen LogP contribution is 2.29. The molecule has 2 aliphatic heterocycles. The van der Waals surface area contributed by atoms with E-state index in [-0.39, 0.29) is 36.3 Å². The number of nitrogens with zero attached hydrogens (tertiary/aromatic N) is 1. The van der Waals surface area contributed by atoms with E-state index in [1.165, 1.54) is 0 Å². The van der Waals surface area contributed by atoms with Crippen molar-refractivity contribution in [1.82, 2.24) is 15.5 Å². The first-order valence-electron chi connectivity index (χ1n) is 12.9. The van der Waals surface area contributed by atoms with E-state index in [1.807, 2.05) is 41.5 Å². The molecule has 0 radical (unpaired) electrons. The van der Waals surface area contributed by atoms with Gasteiger partial charge in [-0.3, -0.25) is 24.1 Å². The molecular formula is C27H39N3O6S. The molecule has 0 aromatic heterocycles. The van der Waals surface area contributed by atoms with Crippen molar-refractivity contribution in [3.63, 3.8) is 0 Å². The second-order valence-corrected chi connectivity index (χ2v) is 10.9. The highest BCUT2D eigenvalue weighted by molar-refractivity contribution is 7.98. The van der Waals surface area contributed by atoms with Gasteiger partial charge in [0.15, 0.2) is 11.6 Å². The molecule has 0 saturated carbocycles. The predicted molar refractivity (Wildman–Crippen MR) is 142 cm³/mol. The van der Waals surface area contributed by atoms with Crippen LogP contribution in [0.4, 0.5) is 0 Å². The molecule has 3 rings (SSSR count). The molecule has 2 saturated heterocycles. The van der Waals surface area contributed by atoms with E-state index in [1.54, 1.807) is 25.6 Å². The van der Waals surface area contributed by atoms with Crippen LogP contribution in [0.1, 0.15) is 32.3 Å². The number of morpholine rings is 1. The molecule has 0 bridgehead atoms. The molecule has 9 nitrogen and oxygen atoms in total. The van der Waals surface area contributed by atoms with Gasteiger partial charge in [-0.15, -0.1) is 0 Å². The van der Waals surface area contributed by atoms with E-state index in [4.69, 9.17) is 9.47 Å². The lowest BCUT2D eigenvalue weighted by Crippen LogP contribution is -2.50. The highest BCUT2D eigenvalue weighted by atomic mass is 32.2. The van der Waals surface area contributed by atoms with Crippen LogP contribution in [-0.2, 0) is 35.1 Å². The van der Waals surface area contributed by atoms with E-state index in [9.17, 15) is 19.2 Å². The lowest BCUT2D eigenvalue weighted by atomic mass is 9.92. The van der Waals surface area contributed by atoms with Crippen molar-refractivity contribution in [3.05, 3.63) is 35.9 Å². The molecule has 4 unspecified atom stereocenters. The summed E-state index contributed by atoms with van der Waals surface area (Å²) in [6.07, 6.45) is 2.78. The van der Waals surface area contributed by atoms with Crippen LogP contribution in [0.3, 0.4) is 0 Å². The predicted octanol–water partition coefficient (Wildman–Crippen LogP) is 1.24. The molecule has 204 valence electrons. The van der Waals surface area contributed by atoms with E-state index in [0.717, 1.165) is 5.56 Å². The fourth-order valence-corrected chi connectivity index (χ4v) is 4.82. The van der Waals surface area contributed by atoms with Crippen LogP contribution < -0.4 is 10.6 Å². The third-order valence-corrected chi connectivity index (χ3v) is 7.48. The second-order valence-electron chi connectivity index (χ2n) is 9.96. The van der Waals surface area contributed by atoms with Crippen LogP contribution in [0.25, 0.3) is 0 Å². The number of hydrogen-bond donors (Lipinski definition) is 2. The van der Waals surface area contributed by atoms with Gasteiger partial charge >= 0.3 is 0 Å². The average Bonchev–Trinajstić information content (AvgIpc) is 3.64. The number of carbonyl (C=O) groups is 4. The maximum atomic E-state index is 13.4. The van der Waals surface area contributed by atoms with Crippen LogP contribution in [0, 0.1) is 5.92 Å². The van der Waals surface area contributed by atoms with Gasteiger partial charge in [0, 0.05) is 25.4 Å². The Bertz CT molecular complexity index is 933. The number of ether oxygens (including phenoxy) is 2. The number of thioether (sulfide) groups is 1. The number of benzene rings is 1. The Morgan fingerprint density at radius 2 is 1.78 bits per heavy atom. The number of rotatable bonds is 15. The SMILES string of the molecule is CSCCC(CC(=O)C(C)NC(=O)CN1CCOCC1)C(=O)NC(Cc1ccccc1)C(=O)C1(C)CO1. The molecule has 37 heavy (non-hydrogen) atoms. The van der Waals surface area contributed by atoms with Crippen molar-refractivity contribution in [1.29, 1.82) is 0 Å². The molecular weight excluding hydrogens is 494 g/mol. The fraction of sp³-hybridized carbons (Fsp3) is 0.630. The Hall–Kier alpha value is -2.27. The molecule has 2 fully saturated rings. The van der Waals surface area contributed by atoms with Crippen LogP contribution in [0.15, 0.2) is 30.3 Å². The molecule has 0 spiro atoms. The molecule has 2 aliphatic rings. The smallest absolute Gasteiger partial charge is 0.234 e. The summed E-state index contributed by atoms with van der Waals surface area (Å²) in [4.78, 5) is 53.9. The zero-order valence-corrected chi connectivity index (χ0v) is 22.8. The number of carbonyl (C=O) groups excluding carboxylic acids is 4. The number of hydrogen-bond acceptors (Lipinski definition) is 8. The van der Waals surface area contributed by atoms with E-state index < -0.39 is 23.6 Å². The van der Waals surface area contributed by atoms with Crippen molar-refractivity contribution in [2.75, 3.05) is 51.5 Å². The highest BCUT2D eigenvalue weighted by Gasteiger charge is 2.50. The van der Waals surface area contributed by atoms with Gasteiger partial charge in [0.05, 0.1) is 38.4 Å². The summed E-state index contributed by atoms with van der Waals surface area (Å²) in [5, 5.41) is 5.69. The van der Waals surface area contributed by atoms with Crippen molar-refractivity contribution in [3.8, 4) is 0 Å². The summed E-state index contributed by atoms with van der Waals surface area (Å²) in [7, 11) is 0. The summed E-state index contributed by atoms with van der Waals surface area (Å²) in [6, 6.07) is 8.05. The van der Waals surface area contributed by atoms with E-state index in [2.05, 4.69) is 10.6 Å². The van der Waals surface area contributed by atoms with Gasteiger partial charge < -0.3 is 20.1 Å². The van der Waals surface area contributed by atoms with E-state index >= 15 is 0 Å². The van der Waals surface area contributed by atoms with E-state index in [0.29, 0.717) is 51.5 Å². The summed E-state index contributed by atoms with van der Waals surface area (Å²) >= 11 is 1.59. The summed E-state index contributed by atoms with van der Waals surface area (Å²) in [5.74, 6) is -0.825. The molecule has 0 aliphatic carbocycles. The minimum Gasteiger partial charge on any atom is -0.379 e. The summed E-state index contributed by atoms with van der Waals surface area (Å²) in [5.41, 5.74) is 0.0510. The maximum absolute atomic E-state index is 13.4. The lowest BCUT2D eigenvalue weighted by Gasteiger charge is -2.26. The zero-order valence-electron chi connectivity index (χ0n) is 22.0. The molecule has 1 aromatic carbocycles. The first kappa shape index (κ1) is 29.3.